The number of nitrogens with zero attached hydrogens (tertiary/aromatic N) is 3. The molecule has 0 bridgehead atoms. The van der Waals surface area contributed by atoms with Gasteiger partial charge in [-0.05, 0) is 54.9 Å². The van der Waals surface area contributed by atoms with Crippen molar-refractivity contribution in [3.8, 4) is 29.7 Å². The van der Waals surface area contributed by atoms with Gasteiger partial charge in [0.25, 0.3) is 0 Å². The van der Waals surface area contributed by atoms with Gasteiger partial charge in [-0.3, -0.25) is 0 Å². The van der Waals surface area contributed by atoms with Gasteiger partial charge in [0.1, 0.15) is 6.07 Å². The summed E-state index contributed by atoms with van der Waals surface area (Å²) in [4.78, 5) is 0. The highest BCUT2D eigenvalue weighted by Crippen LogP contribution is 2.56. The Hall–Kier alpha value is -3.43. The fourth-order valence-corrected chi connectivity index (χ4v) is 4.78. The van der Waals surface area contributed by atoms with Crippen molar-refractivity contribution in [1.29, 1.82) is 15.8 Å². The van der Waals surface area contributed by atoms with Crippen LogP contribution in [0.2, 0.25) is 0 Å². The fraction of sp³-hybridized carbons (Fsp3) is 0.480. The van der Waals surface area contributed by atoms with Crippen LogP contribution in [-0.4, -0.2) is 13.7 Å². The number of hydrogen-bond donors (Lipinski definition) is 1. The third kappa shape index (κ3) is 3.85. The topological polar surface area (TPSA) is 116 Å². The van der Waals surface area contributed by atoms with E-state index in [1.54, 1.807) is 7.11 Å². The quantitative estimate of drug-likeness (QED) is 0.635. The Balaban J connectivity index is 2.10. The summed E-state index contributed by atoms with van der Waals surface area (Å²) >= 11 is 0. The molecule has 0 unspecified atom stereocenters. The number of hydrogen-bond acceptors (Lipinski definition) is 6. The van der Waals surface area contributed by atoms with Gasteiger partial charge in [-0.25, -0.2) is 0 Å². The Labute approximate surface area is 184 Å². The molecule has 31 heavy (non-hydrogen) atoms. The Morgan fingerprint density at radius 2 is 1.94 bits per heavy atom. The molecule has 1 aromatic rings. The van der Waals surface area contributed by atoms with Gasteiger partial charge in [-0.2, -0.15) is 15.8 Å². The summed E-state index contributed by atoms with van der Waals surface area (Å²) in [5.74, 6) is 0.581. The zero-order chi connectivity index (χ0) is 22.4. The van der Waals surface area contributed by atoms with E-state index in [0.717, 1.165) is 49.7 Å². The first-order chi connectivity index (χ1) is 15.1. The van der Waals surface area contributed by atoms with E-state index in [-0.39, 0.29) is 17.2 Å². The predicted molar refractivity (Wildman–Crippen MR) is 117 cm³/mol. The van der Waals surface area contributed by atoms with Gasteiger partial charge in [-0.1, -0.05) is 31.9 Å². The van der Waals surface area contributed by atoms with E-state index in [1.807, 2.05) is 24.3 Å². The summed E-state index contributed by atoms with van der Waals surface area (Å²) in [5.41, 5.74) is 6.70. The van der Waals surface area contributed by atoms with Crippen LogP contribution in [0.1, 0.15) is 56.9 Å². The molecule has 2 N–H and O–H groups in total. The first-order valence-electron chi connectivity index (χ1n) is 10.8. The Morgan fingerprint density at radius 1 is 1.16 bits per heavy atom. The van der Waals surface area contributed by atoms with E-state index in [2.05, 4.69) is 25.1 Å². The van der Waals surface area contributed by atoms with Crippen LogP contribution in [0.4, 0.5) is 0 Å². The number of methoxy groups -OCH3 is 1. The average molecular weight is 417 g/mol. The van der Waals surface area contributed by atoms with Crippen molar-refractivity contribution in [1.82, 2.24) is 0 Å². The fourth-order valence-electron chi connectivity index (χ4n) is 4.78. The van der Waals surface area contributed by atoms with Gasteiger partial charge < -0.3 is 15.2 Å². The van der Waals surface area contributed by atoms with Crippen molar-refractivity contribution in [2.75, 3.05) is 13.7 Å². The molecule has 6 nitrogen and oxygen atoms in total. The first-order valence-corrected chi connectivity index (χ1v) is 10.8. The second kappa shape index (κ2) is 9.59. The standard InChI is InChI=1S/C25H28N4O2/c1-3-4-7-12-31-21-11-10-17(13-22(21)30-2)23-19-9-6-5-8-18(19)20(14-26)24(29)25(23,15-27)16-28/h8,10-11,13,19,23H,3-7,9,12,29H2,1-2H3/t19-,23-/m0/s1. The van der Waals surface area contributed by atoms with Crippen molar-refractivity contribution >= 4 is 0 Å². The van der Waals surface area contributed by atoms with E-state index >= 15 is 0 Å². The van der Waals surface area contributed by atoms with Crippen LogP contribution in [0, 0.1) is 45.3 Å². The Morgan fingerprint density at radius 3 is 2.58 bits per heavy atom. The molecule has 0 aliphatic heterocycles. The van der Waals surface area contributed by atoms with E-state index in [9.17, 15) is 15.8 Å². The maximum Gasteiger partial charge on any atom is 0.191 e. The molecule has 2 aliphatic carbocycles. The average Bonchev–Trinajstić information content (AvgIpc) is 2.81. The maximum absolute atomic E-state index is 10.1. The highest BCUT2D eigenvalue weighted by atomic mass is 16.5. The molecule has 0 saturated heterocycles. The summed E-state index contributed by atoms with van der Waals surface area (Å²) in [6.45, 7) is 2.74. The van der Waals surface area contributed by atoms with Crippen LogP contribution < -0.4 is 15.2 Å². The van der Waals surface area contributed by atoms with Gasteiger partial charge in [0, 0.05) is 5.92 Å². The van der Waals surface area contributed by atoms with Crippen molar-refractivity contribution in [3.05, 3.63) is 46.7 Å². The highest BCUT2D eigenvalue weighted by Gasteiger charge is 2.53. The molecule has 0 heterocycles. The molecule has 0 saturated carbocycles. The molecule has 0 amide bonds. The predicted octanol–water partition coefficient (Wildman–Crippen LogP) is 4.86. The number of ether oxygens (including phenoxy) is 2. The van der Waals surface area contributed by atoms with Gasteiger partial charge in [0.2, 0.25) is 0 Å². The van der Waals surface area contributed by atoms with E-state index in [1.165, 1.54) is 0 Å². The maximum atomic E-state index is 10.1. The minimum absolute atomic E-state index is 0.0493. The van der Waals surface area contributed by atoms with Gasteiger partial charge in [0.15, 0.2) is 16.9 Å². The van der Waals surface area contributed by atoms with Gasteiger partial charge in [0.05, 0.1) is 37.1 Å². The third-order valence-electron chi connectivity index (χ3n) is 6.35. The lowest BCUT2D eigenvalue weighted by molar-refractivity contribution is 0.283. The molecule has 160 valence electrons. The molecular weight excluding hydrogens is 388 g/mol. The monoisotopic (exact) mass is 416 g/mol. The Bertz CT molecular complexity index is 1010. The lowest BCUT2D eigenvalue weighted by Gasteiger charge is -2.43. The molecule has 0 aromatic heterocycles. The van der Waals surface area contributed by atoms with Crippen LogP contribution >= 0.6 is 0 Å². The summed E-state index contributed by atoms with van der Waals surface area (Å²) in [6.07, 6.45) is 7.79. The number of nitriles is 3. The first kappa shape index (κ1) is 22.3. The second-order valence-corrected chi connectivity index (χ2v) is 8.07. The lowest BCUT2D eigenvalue weighted by Crippen LogP contribution is -2.42. The molecule has 6 heteroatoms. The van der Waals surface area contributed by atoms with Gasteiger partial charge >= 0.3 is 0 Å². The van der Waals surface area contributed by atoms with Crippen molar-refractivity contribution in [2.24, 2.45) is 17.1 Å². The second-order valence-electron chi connectivity index (χ2n) is 8.07. The number of nitrogens with two attached hydrogens (primary N) is 1. The molecule has 3 rings (SSSR count). The van der Waals surface area contributed by atoms with E-state index < -0.39 is 11.3 Å². The number of benzene rings is 1. The number of allylic oxidation sites excluding steroid dienone is 4. The summed E-state index contributed by atoms with van der Waals surface area (Å²) < 4.78 is 11.5. The highest BCUT2D eigenvalue weighted by molar-refractivity contribution is 5.60. The molecule has 0 radical (unpaired) electrons. The van der Waals surface area contributed by atoms with E-state index in [4.69, 9.17) is 15.2 Å². The number of unbranched alkanes of at least 4 members (excludes halogenated alkanes) is 2. The largest absolute Gasteiger partial charge is 0.493 e. The van der Waals surface area contributed by atoms with Crippen LogP contribution in [0.5, 0.6) is 11.5 Å². The number of rotatable bonds is 7. The zero-order valence-corrected chi connectivity index (χ0v) is 18.1. The molecule has 1 aromatic carbocycles. The van der Waals surface area contributed by atoms with Crippen LogP contribution in [0.15, 0.2) is 41.1 Å². The summed E-state index contributed by atoms with van der Waals surface area (Å²) in [6, 6.07) is 12.1. The lowest BCUT2D eigenvalue weighted by atomic mass is 9.57. The minimum atomic E-state index is -1.61. The van der Waals surface area contributed by atoms with E-state index in [0.29, 0.717) is 18.1 Å². The smallest absolute Gasteiger partial charge is 0.191 e. The molecular formula is C25H28N4O2. The van der Waals surface area contributed by atoms with Crippen molar-refractivity contribution in [2.45, 2.75) is 51.4 Å². The minimum Gasteiger partial charge on any atom is -0.493 e. The van der Waals surface area contributed by atoms with Crippen LogP contribution in [-0.2, 0) is 0 Å². The number of fused-ring (bicyclic) bond motifs is 1. The summed E-state index contributed by atoms with van der Waals surface area (Å²) in [5, 5.41) is 30.0. The zero-order valence-electron chi connectivity index (χ0n) is 18.1. The molecule has 0 spiro atoms. The third-order valence-corrected chi connectivity index (χ3v) is 6.35. The summed E-state index contributed by atoms with van der Waals surface area (Å²) in [7, 11) is 1.58. The SMILES string of the molecule is CCCCCOc1ccc([C@H]2[C@H]3CCCC=C3C(C#N)=C(N)C2(C#N)C#N)cc1OC. The van der Waals surface area contributed by atoms with Crippen LogP contribution in [0.25, 0.3) is 0 Å². The van der Waals surface area contributed by atoms with Gasteiger partial charge in [-0.15, -0.1) is 0 Å². The Kier molecular flexibility index (Phi) is 6.88. The van der Waals surface area contributed by atoms with Crippen LogP contribution in [0.3, 0.4) is 0 Å². The van der Waals surface area contributed by atoms with Crippen molar-refractivity contribution < 1.29 is 9.47 Å². The van der Waals surface area contributed by atoms with Crippen molar-refractivity contribution in [3.63, 3.8) is 0 Å². The molecule has 0 fully saturated rings. The molecule has 2 atom stereocenters. The molecule has 2 aliphatic rings. The normalized spacial score (nSPS) is 21.7.